The van der Waals surface area contributed by atoms with Crippen molar-refractivity contribution >= 4 is 56.7 Å². The van der Waals surface area contributed by atoms with Crippen molar-refractivity contribution in [3.05, 3.63) is 87.6 Å². The van der Waals surface area contributed by atoms with Crippen molar-refractivity contribution in [2.75, 3.05) is 31.2 Å². The number of carbonyl (C=O) groups excluding carboxylic acids is 2. The quantitative estimate of drug-likeness (QED) is 0.349. The number of anilines is 1. The first-order valence-corrected chi connectivity index (χ1v) is 13.3. The summed E-state index contributed by atoms with van der Waals surface area (Å²) >= 11 is 10.9. The fourth-order valence-corrected chi connectivity index (χ4v) is 6.09. The number of Topliss-reactive ketones (excluding diaryl/α,β-unsaturated/α-hetero) is 1. The van der Waals surface area contributed by atoms with Crippen LogP contribution in [0.1, 0.15) is 17.7 Å². The van der Waals surface area contributed by atoms with Crippen LogP contribution in [0.2, 0.25) is 5.02 Å². The number of amides is 1. The van der Waals surface area contributed by atoms with Gasteiger partial charge in [-0.2, -0.15) is 0 Å². The number of ketones is 1. The van der Waals surface area contributed by atoms with Crippen LogP contribution in [0.5, 0.6) is 0 Å². The Morgan fingerprint density at radius 2 is 1.77 bits per heavy atom. The molecule has 0 aliphatic carbocycles. The van der Waals surface area contributed by atoms with E-state index in [1.165, 1.54) is 11.8 Å². The maximum atomic E-state index is 13.5. The highest BCUT2D eigenvalue weighted by atomic mass is 79.9. The summed E-state index contributed by atoms with van der Waals surface area (Å²) in [6, 6.07) is 20.8. The number of nitrogens with zero attached hydrogens (tertiary/aromatic N) is 2. The van der Waals surface area contributed by atoms with E-state index in [1.54, 1.807) is 6.07 Å². The van der Waals surface area contributed by atoms with E-state index in [2.05, 4.69) is 31.1 Å². The molecule has 1 aromatic heterocycles. The summed E-state index contributed by atoms with van der Waals surface area (Å²) in [6.45, 7) is 3.05. The third kappa shape index (κ3) is 4.98. The van der Waals surface area contributed by atoms with Crippen LogP contribution >= 0.6 is 39.3 Å². The molecule has 2 aromatic carbocycles. The van der Waals surface area contributed by atoms with Crippen LogP contribution < -0.4 is 10.2 Å². The van der Waals surface area contributed by atoms with Gasteiger partial charge in [-0.05, 0) is 57.9 Å². The largest absolute Gasteiger partial charge is 0.378 e. The second kappa shape index (κ2) is 10.3. The average molecular weight is 573 g/mol. The third-order valence-electron chi connectivity index (χ3n) is 6.28. The lowest BCUT2D eigenvalue weighted by Gasteiger charge is -2.40. The summed E-state index contributed by atoms with van der Waals surface area (Å²) < 4.78 is 6.09. The Balaban J connectivity index is 1.49. The van der Waals surface area contributed by atoms with Gasteiger partial charge in [0.2, 0.25) is 5.91 Å². The van der Waals surface area contributed by atoms with E-state index in [0.717, 1.165) is 24.3 Å². The van der Waals surface area contributed by atoms with E-state index in [-0.39, 0.29) is 18.1 Å². The first kappa shape index (κ1) is 24.3. The smallest absolute Gasteiger partial charge is 0.242 e. The van der Waals surface area contributed by atoms with E-state index in [0.29, 0.717) is 33.4 Å². The Bertz CT molecular complexity index is 1230. The molecule has 0 bridgehead atoms. The number of morpholine rings is 1. The minimum Gasteiger partial charge on any atom is -0.378 e. The van der Waals surface area contributed by atoms with Crippen molar-refractivity contribution in [3.8, 4) is 0 Å². The molecule has 0 saturated carbocycles. The van der Waals surface area contributed by atoms with Crippen LogP contribution in [0.15, 0.2) is 76.2 Å². The lowest BCUT2D eigenvalue weighted by atomic mass is 9.78. The number of piperidine rings is 1. The molecule has 5 rings (SSSR count). The molecular formula is C26H23BrClN3O3S. The highest BCUT2D eigenvalue weighted by Gasteiger charge is 2.48. The van der Waals surface area contributed by atoms with E-state index >= 15 is 0 Å². The Kier molecular flexibility index (Phi) is 7.16. The van der Waals surface area contributed by atoms with Gasteiger partial charge in [-0.1, -0.05) is 41.9 Å². The summed E-state index contributed by atoms with van der Waals surface area (Å²) in [7, 11) is 0. The second-order valence-electron chi connectivity index (χ2n) is 8.46. The Morgan fingerprint density at radius 3 is 2.46 bits per heavy atom. The third-order valence-corrected chi connectivity index (χ3v) is 8.48. The summed E-state index contributed by atoms with van der Waals surface area (Å²) in [6.07, 6.45) is 0.0845. The normalized spacial score (nSPS) is 22.7. The zero-order valence-electron chi connectivity index (χ0n) is 18.7. The molecule has 2 unspecified atom stereocenters. The summed E-state index contributed by atoms with van der Waals surface area (Å²) in [5, 5.41) is 2.80. The highest BCUT2D eigenvalue weighted by molar-refractivity contribution is 9.10. The number of benzene rings is 2. The molecule has 6 nitrogen and oxygen atoms in total. The number of carbonyl (C=O) groups is 2. The molecule has 180 valence electrons. The molecule has 2 aliphatic heterocycles. The van der Waals surface area contributed by atoms with Gasteiger partial charge in [-0.25, -0.2) is 4.98 Å². The van der Waals surface area contributed by atoms with Gasteiger partial charge >= 0.3 is 0 Å². The number of halogens is 2. The highest BCUT2D eigenvalue weighted by Crippen LogP contribution is 2.41. The predicted octanol–water partition coefficient (Wildman–Crippen LogP) is 4.83. The summed E-state index contributed by atoms with van der Waals surface area (Å²) in [5.74, 6) is -0.525. The Labute approximate surface area is 221 Å². The summed E-state index contributed by atoms with van der Waals surface area (Å²) in [4.78, 5) is 34.5. The SMILES string of the molecule is O=C1CC(c2ccc(N3CCOCC3)cc2)(c2cccc(Br)n2)NC(=O)C1Sc1ccccc1Cl. The minimum absolute atomic E-state index is 0.0845. The first-order chi connectivity index (χ1) is 17.0. The van der Waals surface area contributed by atoms with Crippen molar-refractivity contribution in [1.82, 2.24) is 10.3 Å². The van der Waals surface area contributed by atoms with Crippen LogP contribution in [-0.4, -0.2) is 48.2 Å². The van der Waals surface area contributed by atoms with Crippen molar-refractivity contribution < 1.29 is 14.3 Å². The van der Waals surface area contributed by atoms with Crippen LogP contribution in [0.25, 0.3) is 0 Å². The lowest BCUT2D eigenvalue weighted by molar-refractivity contribution is -0.133. The van der Waals surface area contributed by atoms with Crippen LogP contribution in [-0.2, 0) is 19.9 Å². The monoisotopic (exact) mass is 571 g/mol. The van der Waals surface area contributed by atoms with Crippen molar-refractivity contribution in [2.24, 2.45) is 0 Å². The molecule has 2 saturated heterocycles. The van der Waals surface area contributed by atoms with E-state index in [4.69, 9.17) is 16.3 Å². The number of thioether (sulfide) groups is 1. The zero-order valence-corrected chi connectivity index (χ0v) is 21.9. The van der Waals surface area contributed by atoms with Gasteiger partial charge in [0.15, 0.2) is 5.78 Å². The zero-order chi connectivity index (χ0) is 24.4. The first-order valence-electron chi connectivity index (χ1n) is 11.3. The van der Waals surface area contributed by atoms with Crippen LogP contribution in [0.3, 0.4) is 0 Å². The number of rotatable bonds is 5. The number of hydrogen-bond acceptors (Lipinski definition) is 6. The van der Waals surface area contributed by atoms with E-state index in [9.17, 15) is 9.59 Å². The van der Waals surface area contributed by atoms with Crippen molar-refractivity contribution in [2.45, 2.75) is 22.1 Å². The molecule has 0 spiro atoms. The number of nitrogens with one attached hydrogen (secondary N) is 1. The number of hydrogen-bond donors (Lipinski definition) is 1. The molecule has 3 aromatic rings. The molecule has 9 heteroatoms. The van der Waals surface area contributed by atoms with Gasteiger partial charge in [0, 0.05) is 30.1 Å². The molecule has 1 N–H and O–H groups in total. The van der Waals surface area contributed by atoms with E-state index in [1.807, 2.05) is 60.7 Å². The van der Waals surface area contributed by atoms with Gasteiger partial charge in [-0.3, -0.25) is 9.59 Å². The molecule has 2 atom stereocenters. The number of ether oxygens (including phenoxy) is 1. The summed E-state index contributed by atoms with van der Waals surface area (Å²) in [5.41, 5.74) is 1.42. The molecule has 3 heterocycles. The van der Waals surface area contributed by atoms with Crippen LogP contribution in [0, 0.1) is 0 Å². The molecule has 1 amide bonds. The maximum Gasteiger partial charge on any atom is 0.242 e. The van der Waals surface area contributed by atoms with Crippen molar-refractivity contribution in [3.63, 3.8) is 0 Å². The molecule has 35 heavy (non-hydrogen) atoms. The lowest BCUT2D eigenvalue weighted by Crippen LogP contribution is -2.58. The molecule has 2 fully saturated rings. The molecule has 0 radical (unpaired) electrons. The number of aromatic nitrogens is 1. The standard InChI is InChI=1S/C26H23BrClN3O3S/c27-23-7-3-6-22(29-23)26(17-8-10-18(11-9-17)31-12-14-34-15-13-31)16-20(32)24(25(33)30-26)35-21-5-2-1-4-19(21)28/h1-11,24H,12-16H2,(H,30,33). The van der Waals surface area contributed by atoms with Gasteiger partial charge in [0.05, 0.1) is 23.9 Å². The Morgan fingerprint density at radius 1 is 1.03 bits per heavy atom. The van der Waals surface area contributed by atoms with Gasteiger partial charge < -0.3 is 15.0 Å². The Hall–Kier alpha value is -2.39. The van der Waals surface area contributed by atoms with E-state index < -0.39 is 10.8 Å². The minimum atomic E-state index is -1.07. The van der Waals surface area contributed by atoms with Gasteiger partial charge in [0.1, 0.15) is 15.4 Å². The molecular weight excluding hydrogens is 550 g/mol. The topological polar surface area (TPSA) is 71.5 Å². The average Bonchev–Trinajstić information content (AvgIpc) is 2.88. The van der Waals surface area contributed by atoms with Crippen molar-refractivity contribution in [1.29, 1.82) is 0 Å². The van der Waals surface area contributed by atoms with Gasteiger partial charge in [0.25, 0.3) is 0 Å². The fourth-order valence-electron chi connectivity index (χ4n) is 4.51. The van der Waals surface area contributed by atoms with Gasteiger partial charge in [-0.15, -0.1) is 11.8 Å². The fraction of sp³-hybridized carbons (Fsp3) is 0.269. The maximum absolute atomic E-state index is 13.5. The number of pyridine rings is 1. The molecule has 2 aliphatic rings. The second-order valence-corrected chi connectivity index (χ2v) is 10.8. The predicted molar refractivity (Wildman–Crippen MR) is 141 cm³/mol. The van der Waals surface area contributed by atoms with Crippen LogP contribution in [0.4, 0.5) is 5.69 Å².